The molecule has 1 saturated heterocycles. The third-order valence-corrected chi connectivity index (χ3v) is 6.04. The molecule has 0 bridgehead atoms. The second-order valence-corrected chi connectivity index (χ2v) is 8.42. The molecule has 10 heteroatoms. The van der Waals surface area contributed by atoms with Gasteiger partial charge in [0.05, 0.1) is 28.7 Å². The molecule has 2 aliphatic rings. The lowest BCUT2D eigenvalue weighted by atomic mass is 9.78. The van der Waals surface area contributed by atoms with E-state index in [4.69, 9.17) is 4.74 Å². The third kappa shape index (κ3) is 4.96. The van der Waals surface area contributed by atoms with Crippen molar-refractivity contribution in [1.29, 1.82) is 0 Å². The van der Waals surface area contributed by atoms with Gasteiger partial charge >= 0.3 is 12.1 Å². The molecule has 2 aromatic rings. The molecule has 0 aromatic heterocycles. The van der Waals surface area contributed by atoms with Gasteiger partial charge in [0.1, 0.15) is 0 Å². The van der Waals surface area contributed by atoms with Crippen LogP contribution < -0.4 is 10.2 Å². The molecule has 1 aliphatic heterocycles. The molecule has 0 unspecified atom stereocenters. The van der Waals surface area contributed by atoms with E-state index < -0.39 is 42.1 Å². The van der Waals surface area contributed by atoms with Gasteiger partial charge < -0.3 is 10.1 Å². The number of alkyl halides is 3. The fraction of sp³-hybridized carbons (Fsp3) is 0.280. The predicted octanol–water partition coefficient (Wildman–Crippen LogP) is 4.20. The third-order valence-electron chi connectivity index (χ3n) is 6.04. The van der Waals surface area contributed by atoms with Gasteiger partial charge in [-0.1, -0.05) is 25.1 Å². The fourth-order valence-corrected chi connectivity index (χ4v) is 4.33. The van der Waals surface area contributed by atoms with Crippen LogP contribution in [0.4, 0.5) is 24.5 Å². The molecule has 3 atom stereocenters. The minimum Gasteiger partial charge on any atom is -0.452 e. The number of amides is 3. The number of esters is 1. The van der Waals surface area contributed by atoms with Crippen molar-refractivity contribution in [2.24, 2.45) is 17.8 Å². The number of nitrogens with zero attached hydrogens (tertiary/aromatic N) is 1. The highest BCUT2D eigenvalue weighted by molar-refractivity contribution is 6.22. The Labute approximate surface area is 198 Å². The lowest BCUT2D eigenvalue weighted by Crippen LogP contribution is -2.31. The van der Waals surface area contributed by atoms with E-state index in [1.165, 1.54) is 30.3 Å². The summed E-state index contributed by atoms with van der Waals surface area (Å²) in [5, 5.41) is 2.24. The largest absolute Gasteiger partial charge is 0.452 e. The maximum absolute atomic E-state index is 12.9. The van der Waals surface area contributed by atoms with E-state index in [0.29, 0.717) is 12.1 Å². The molecule has 0 radical (unpaired) electrons. The highest BCUT2D eigenvalue weighted by Crippen LogP contribution is 2.40. The quantitative estimate of drug-likeness (QED) is 0.389. The zero-order valence-corrected chi connectivity index (χ0v) is 18.5. The number of benzene rings is 2. The molecule has 1 N–H and O–H groups in total. The second kappa shape index (κ2) is 9.36. The number of rotatable bonds is 5. The van der Waals surface area contributed by atoms with E-state index in [1.54, 1.807) is 0 Å². The van der Waals surface area contributed by atoms with Crippen molar-refractivity contribution in [2.45, 2.75) is 19.5 Å². The number of imide groups is 1. The van der Waals surface area contributed by atoms with Crippen LogP contribution in [-0.4, -0.2) is 30.3 Å². The zero-order chi connectivity index (χ0) is 25.3. The van der Waals surface area contributed by atoms with Crippen LogP contribution in [0.2, 0.25) is 0 Å². The molecule has 4 rings (SSSR count). The first kappa shape index (κ1) is 24.2. The van der Waals surface area contributed by atoms with Crippen LogP contribution in [0.5, 0.6) is 0 Å². The minimum atomic E-state index is -4.56. The van der Waals surface area contributed by atoms with Gasteiger partial charge in [0.25, 0.3) is 5.91 Å². The number of carbonyl (C=O) groups is 4. The number of hydrogen-bond acceptors (Lipinski definition) is 5. The molecule has 7 nitrogen and oxygen atoms in total. The molecule has 0 saturated carbocycles. The Morgan fingerprint density at radius 2 is 1.80 bits per heavy atom. The van der Waals surface area contributed by atoms with Crippen molar-refractivity contribution in [3.63, 3.8) is 0 Å². The summed E-state index contributed by atoms with van der Waals surface area (Å²) in [6.07, 6.45) is -0.221. The summed E-state index contributed by atoms with van der Waals surface area (Å²) in [7, 11) is 0. The number of carbonyl (C=O) groups excluding carboxylic acids is 4. The van der Waals surface area contributed by atoms with Crippen LogP contribution in [0.1, 0.15) is 29.3 Å². The number of fused-ring (bicyclic) bond motifs is 1. The molecule has 3 amide bonds. The Kier molecular flexibility index (Phi) is 6.47. The normalized spacial score (nSPS) is 21.6. The van der Waals surface area contributed by atoms with Gasteiger partial charge in [-0.05, 0) is 54.8 Å². The van der Waals surface area contributed by atoms with Crippen molar-refractivity contribution in [1.82, 2.24) is 0 Å². The second-order valence-electron chi connectivity index (χ2n) is 8.42. The van der Waals surface area contributed by atoms with Crippen LogP contribution in [0.15, 0.2) is 60.7 Å². The highest BCUT2D eigenvalue weighted by Gasteiger charge is 2.50. The molecule has 35 heavy (non-hydrogen) atoms. The molecular weight excluding hydrogens is 465 g/mol. The molecule has 1 fully saturated rings. The monoisotopic (exact) mass is 486 g/mol. The Morgan fingerprint density at radius 3 is 2.46 bits per heavy atom. The summed E-state index contributed by atoms with van der Waals surface area (Å²) in [4.78, 5) is 51.1. The van der Waals surface area contributed by atoms with E-state index in [2.05, 4.69) is 5.32 Å². The maximum atomic E-state index is 12.9. The Morgan fingerprint density at radius 1 is 1.09 bits per heavy atom. The van der Waals surface area contributed by atoms with Crippen LogP contribution in [-0.2, 0) is 25.3 Å². The van der Waals surface area contributed by atoms with E-state index in [0.717, 1.165) is 23.1 Å². The van der Waals surface area contributed by atoms with Crippen molar-refractivity contribution in [3.05, 3.63) is 71.8 Å². The van der Waals surface area contributed by atoms with Gasteiger partial charge in [-0.3, -0.25) is 19.3 Å². The van der Waals surface area contributed by atoms with Gasteiger partial charge in [-0.25, -0.2) is 4.79 Å². The molecule has 182 valence electrons. The van der Waals surface area contributed by atoms with Gasteiger partial charge in [-0.15, -0.1) is 0 Å². The first-order valence-corrected chi connectivity index (χ1v) is 10.8. The summed E-state index contributed by atoms with van der Waals surface area (Å²) in [5.41, 5.74) is -0.602. The van der Waals surface area contributed by atoms with Gasteiger partial charge in [-0.2, -0.15) is 13.2 Å². The first-order valence-electron chi connectivity index (χ1n) is 10.8. The van der Waals surface area contributed by atoms with Gasteiger partial charge in [0, 0.05) is 5.69 Å². The molecule has 1 heterocycles. The van der Waals surface area contributed by atoms with Gasteiger partial charge in [0.15, 0.2) is 6.61 Å². The summed E-state index contributed by atoms with van der Waals surface area (Å²) >= 11 is 0. The first-order chi connectivity index (χ1) is 16.6. The van der Waals surface area contributed by atoms with E-state index >= 15 is 0 Å². The lowest BCUT2D eigenvalue weighted by molar-refractivity contribution is -0.137. The van der Waals surface area contributed by atoms with Crippen LogP contribution in [0.25, 0.3) is 0 Å². The van der Waals surface area contributed by atoms with Crippen LogP contribution in [0, 0.1) is 17.8 Å². The molecule has 2 aromatic carbocycles. The van der Waals surface area contributed by atoms with Crippen LogP contribution in [0.3, 0.4) is 0 Å². The number of halogens is 3. The molecule has 0 spiro atoms. The van der Waals surface area contributed by atoms with Crippen molar-refractivity contribution < 1.29 is 37.1 Å². The van der Waals surface area contributed by atoms with E-state index in [9.17, 15) is 32.3 Å². The maximum Gasteiger partial charge on any atom is 0.416 e. The SMILES string of the molecule is C[C@@H]1C=CC[C@@H]2C(=O)N(c3ccc(C(=O)OCC(=O)Nc4cccc(C(F)(F)F)c4)cc3)C(=O)[C@@H]12. The number of ether oxygens (including phenoxy) is 1. The number of hydrogen-bond donors (Lipinski definition) is 1. The predicted molar refractivity (Wildman–Crippen MR) is 119 cm³/mol. The van der Waals surface area contributed by atoms with E-state index in [1.807, 2.05) is 19.1 Å². The number of allylic oxidation sites excluding steroid dienone is 2. The summed E-state index contributed by atoms with van der Waals surface area (Å²) in [5.74, 6) is -3.08. The molecule has 1 aliphatic carbocycles. The summed E-state index contributed by atoms with van der Waals surface area (Å²) < 4.78 is 43.3. The standard InChI is InChI=1S/C25H21F3N2O5/c1-14-4-2-7-19-21(14)23(33)30(22(19)32)18-10-8-15(9-11-18)24(34)35-13-20(31)29-17-6-3-5-16(12-17)25(26,27)28/h2-6,8-12,14,19,21H,7,13H2,1H3,(H,29,31)/t14-,19+,21+/m1/s1. The summed E-state index contributed by atoms with van der Waals surface area (Å²) in [6.45, 7) is 1.18. The topological polar surface area (TPSA) is 92.8 Å². The van der Waals surface area contributed by atoms with E-state index in [-0.39, 0.29) is 29.0 Å². The number of nitrogens with one attached hydrogen (secondary N) is 1. The number of anilines is 2. The minimum absolute atomic E-state index is 0.0495. The molecular formula is C25H21F3N2O5. The Bertz CT molecular complexity index is 1210. The highest BCUT2D eigenvalue weighted by atomic mass is 19.4. The summed E-state index contributed by atoms with van der Waals surface area (Å²) in [6, 6.07) is 9.70. The average molecular weight is 486 g/mol. The smallest absolute Gasteiger partial charge is 0.416 e. The van der Waals surface area contributed by atoms with Crippen LogP contribution >= 0.6 is 0 Å². The van der Waals surface area contributed by atoms with Crippen molar-refractivity contribution in [3.8, 4) is 0 Å². The van der Waals surface area contributed by atoms with Gasteiger partial charge in [0.2, 0.25) is 11.8 Å². The Balaban J connectivity index is 1.35. The average Bonchev–Trinajstić information content (AvgIpc) is 3.08. The lowest BCUT2D eigenvalue weighted by Gasteiger charge is -2.22. The van der Waals surface area contributed by atoms with Crippen molar-refractivity contribution >= 4 is 35.1 Å². The fourth-order valence-electron chi connectivity index (χ4n) is 4.33. The zero-order valence-electron chi connectivity index (χ0n) is 18.5. The Hall–Kier alpha value is -3.95. The van der Waals surface area contributed by atoms with Crippen molar-refractivity contribution in [2.75, 3.05) is 16.8 Å².